The minimum Gasteiger partial charge on any atom is -0.350 e. The summed E-state index contributed by atoms with van der Waals surface area (Å²) in [4.78, 5) is 13.9. The van der Waals surface area contributed by atoms with Gasteiger partial charge in [0, 0.05) is 10.9 Å². The number of carbonyl (C=O) groups is 1. The lowest BCUT2D eigenvalue weighted by molar-refractivity contribution is 0.0949. The Morgan fingerprint density at radius 1 is 1.43 bits per heavy atom. The van der Waals surface area contributed by atoms with Crippen LogP contribution in [0.1, 0.15) is 10.5 Å². The Labute approximate surface area is 78.9 Å². The van der Waals surface area contributed by atoms with E-state index in [0.717, 1.165) is 0 Å². The highest BCUT2D eigenvalue weighted by Gasteiger charge is 2.07. The van der Waals surface area contributed by atoms with Crippen molar-refractivity contribution in [1.82, 2.24) is 10.4 Å². The summed E-state index contributed by atoms with van der Waals surface area (Å²) in [5.74, 6) is 4.20. The van der Waals surface area contributed by atoms with Crippen LogP contribution in [0, 0.1) is 5.82 Å². The Morgan fingerprint density at radius 3 is 2.93 bits per heavy atom. The fraction of sp³-hybridized carbons (Fsp3) is 0. The van der Waals surface area contributed by atoms with Gasteiger partial charge in [-0.15, -0.1) is 0 Å². The minimum atomic E-state index is -0.429. The second-order valence-corrected chi connectivity index (χ2v) is 2.89. The number of benzene rings is 1. The van der Waals surface area contributed by atoms with Gasteiger partial charge in [0.1, 0.15) is 11.5 Å². The van der Waals surface area contributed by atoms with Crippen LogP contribution in [-0.2, 0) is 0 Å². The number of hydrazine groups is 1. The van der Waals surface area contributed by atoms with Gasteiger partial charge in [0.05, 0.1) is 0 Å². The summed E-state index contributed by atoms with van der Waals surface area (Å²) in [6, 6.07) is 5.78. The van der Waals surface area contributed by atoms with Gasteiger partial charge in [0.15, 0.2) is 0 Å². The van der Waals surface area contributed by atoms with E-state index >= 15 is 0 Å². The molecular weight excluding hydrogens is 185 g/mol. The molecule has 2 rings (SSSR count). The maximum Gasteiger partial charge on any atom is 0.281 e. The number of nitrogens with two attached hydrogens (primary N) is 1. The van der Waals surface area contributed by atoms with Gasteiger partial charge in [-0.2, -0.15) is 0 Å². The summed E-state index contributed by atoms with van der Waals surface area (Å²) in [7, 11) is 0. The van der Waals surface area contributed by atoms with Crippen LogP contribution < -0.4 is 11.3 Å². The van der Waals surface area contributed by atoms with Gasteiger partial charge < -0.3 is 4.98 Å². The molecule has 0 unspecified atom stereocenters. The van der Waals surface area contributed by atoms with E-state index in [1.165, 1.54) is 12.1 Å². The van der Waals surface area contributed by atoms with Crippen molar-refractivity contribution in [3.8, 4) is 0 Å². The summed E-state index contributed by atoms with van der Waals surface area (Å²) in [5.41, 5.74) is 3.01. The summed E-state index contributed by atoms with van der Waals surface area (Å²) in [6.07, 6.45) is 0. The van der Waals surface area contributed by atoms with Crippen molar-refractivity contribution < 1.29 is 9.18 Å². The number of carbonyl (C=O) groups excluding carboxylic acids is 1. The monoisotopic (exact) mass is 193 g/mol. The first-order valence-electron chi connectivity index (χ1n) is 4.00. The van der Waals surface area contributed by atoms with Crippen LogP contribution in [0.3, 0.4) is 0 Å². The zero-order valence-electron chi connectivity index (χ0n) is 7.17. The Balaban J connectivity index is 2.56. The maximum absolute atomic E-state index is 12.8. The van der Waals surface area contributed by atoms with Crippen molar-refractivity contribution in [2.24, 2.45) is 5.84 Å². The number of H-pyrrole nitrogens is 1. The normalized spacial score (nSPS) is 10.4. The molecule has 0 fully saturated rings. The van der Waals surface area contributed by atoms with Crippen LogP contribution in [0.15, 0.2) is 24.3 Å². The molecule has 0 atom stereocenters. The molecular formula is C9H8FN3O. The largest absolute Gasteiger partial charge is 0.350 e. The standard InChI is InChI=1S/C9H8FN3O/c10-6-1-2-7-5(3-6)4-8(12-7)9(14)13-11/h1-4,12H,11H2,(H,13,14). The number of hydrogen-bond donors (Lipinski definition) is 3. The van der Waals surface area contributed by atoms with E-state index in [0.29, 0.717) is 16.6 Å². The fourth-order valence-electron chi connectivity index (χ4n) is 1.30. The molecule has 0 saturated carbocycles. The van der Waals surface area contributed by atoms with Crippen LogP contribution >= 0.6 is 0 Å². The van der Waals surface area contributed by atoms with Gasteiger partial charge in [0.25, 0.3) is 5.91 Å². The molecule has 0 spiro atoms. The zero-order chi connectivity index (χ0) is 10.1. The maximum atomic E-state index is 12.8. The van der Waals surface area contributed by atoms with E-state index in [2.05, 4.69) is 4.98 Å². The molecule has 0 aliphatic heterocycles. The number of aromatic amines is 1. The lowest BCUT2D eigenvalue weighted by Gasteiger charge is -1.92. The number of nitrogens with one attached hydrogen (secondary N) is 2. The lowest BCUT2D eigenvalue weighted by Crippen LogP contribution is -2.30. The van der Waals surface area contributed by atoms with E-state index < -0.39 is 5.91 Å². The third-order valence-corrected chi connectivity index (χ3v) is 1.96. The van der Waals surface area contributed by atoms with Gasteiger partial charge in [-0.3, -0.25) is 10.2 Å². The molecule has 1 heterocycles. The van der Waals surface area contributed by atoms with Gasteiger partial charge >= 0.3 is 0 Å². The van der Waals surface area contributed by atoms with Crippen molar-refractivity contribution in [3.63, 3.8) is 0 Å². The molecule has 1 aromatic heterocycles. The number of amides is 1. The summed E-state index contributed by atoms with van der Waals surface area (Å²) in [6.45, 7) is 0. The molecule has 1 amide bonds. The number of halogens is 1. The molecule has 0 radical (unpaired) electrons. The van der Waals surface area contributed by atoms with Gasteiger partial charge in [-0.1, -0.05) is 0 Å². The van der Waals surface area contributed by atoms with E-state index in [-0.39, 0.29) is 5.82 Å². The molecule has 72 valence electrons. The van der Waals surface area contributed by atoms with Crippen molar-refractivity contribution in [2.45, 2.75) is 0 Å². The Kier molecular flexibility index (Phi) is 1.94. The van der Waals surface area contributed by atoms with Crippen LogP contribution in [-0.4, -0.2) is 10.9 Å². The number of rotatable bonds is 1. The van der Waals surface area contributed by atoms with Crippen molar-refractivity contribution in [2.75, 3.05) is 0 Å². The topological polar surface area (TPSA) is 70.9 Å². The van der Waals surface area contributed by atoms with Crippen LogP contribution in [0.25, 0.3) is 10.9 Å². The molecule has 4 N–H and O–H groups in total. The molecule has 0 aliphatic carbocycles. The van der Waals surface area contributed by atoms with E-state index in [1.807, 2.05) is 5.43 Å². The molecule has 1 aromatic carbocycles. The third-order valence-electron chi connectivity index (χ3n) is 1.96. The molecule has 0 aliphatic rings. The highest BCUT2D eigenvalue weighted by molar-refractivity contribution is 5.97. The SMILES string of the molecule is NNC(=O)c1cc2cc(F)ccc2[nH]1. The van der Waals surface area contributed by atoms with Crippen molar-refractivity contribution in [3.05, 3.63) is 35.8 Å². The molecule has 5 heteroatoms. The van der Waals surface area contributed by atoms with Crippen LogP contribution in [0.4, 0.5) is 4.39 Å². The smallest absolute Gasteiger partial charge is 0.281 e. The first-order chi connectivity index (χ1) is 6.70. The Bertz CT molecular complexity index is 492. The predicted molar refractivity (Wildman–Crippen MR) is 49.9 cm³/mol. The van der Waals surface area contributed by atoms with E-state index in [4.69, 9.17) is 5.84 Å². The fourth-order valence-corrected chi connectivity index (χ4v) is 1.30. The predicted octanol–water partition coefficient (Wildman–Crippen LogP) is 0.910. The first kappa shape index (κ1) is 8.71. The number of hydrogen-bond acceptors (Lipinski definition) is 2. The van der Waals surface area contributed by atoms with Crippen molar-refractivity contribution >= 4 is 16.8 Å². The van der Waals surface area contributed by atoms with Crippen molar-refractivity contribution in [1.29, 1.82) is 0 Å². The van der Waals surface area contributed by atoms with E-state index in [9.17, 15) is 9.18 Å². The molecule has 14 heavy (non-hydrogen) atoms. The zero-order valence-corrected chi connectivity index (χ0v) is 7.17. The average molecular weight is 193 g/mol. The van der Waals surface area contributed by atoms with Gasteiger partial charge in [0.2, 0.25) is 0 Å². The third kappa shape index (κ3) is 1.33. The summed E-state index contributed by atoms with van der Waals surface area (Å²) < 4.78 is 12.8. The number of fused-ring (bicyclic) bond motifs is 1. The molecule has 0 saturated heterocycles. The molecule has 0 bridgehead atoms. The van der Waals surface area contributed by atoms with Gasteiger partial charge in [-0.05, 0) is 24.3 Å². The minimum absolute atomic E-state index is 0.313. The second kappa shape index (κ2) is 3.12. The summed E-state index contributed by atoms with van der Waals surface area (Å²) >= 11 is 0. The van der Waals surface area contributed by atoms with Crippen LogP contribution in [0.5, 0.6) is 0 Å². The number of nitrogen functional groups attached to an aromatic ring is 1. The Morgan fingerprint density at radius 2 is 2.21 bits per heavy atom. The molecule has 4 nitrogen and oxygen atoms in total. The quantitative estimate of drug-likeness (QED) is 0.358. The highest BCUT2D eigenvalue weighted by Crippen LogP contribution is 2.16. The van der Waals surface area contributed by atoms with Crippen LogP contribution in [0.2, 0.25) is 0 Å². The Hall–Kier alpha value is -1.88. The van der Waals surface area contributed by atoms with Gasteiger partial charge in [-0.25, -0.2) is 10.2 Å². The average Bonchev–Trinajstić information content (AvgIpc) is 2.59. The lowest BCUT2D eigenvalue weighted by atomic mass is 10.2. The summed E-state index contributed by atoms with van der Waals surface area (Å²) in [5, 5.41) is 0.642. The second-order valence-electron chi connectivity index (χ2n) is 2.89. The highest BCUT2D eigenvalue weighted by atomic mass is 19.1. The number of aromatic nitrogens is 1. The first-order valence-corrected chi connectivity index (χ1v) is 4.00. The molecule has 2 aromatic rings. The van der Waals surface area contributed by atoms with E-state index in [1.54, 1.807) is 12.1 Å².